The molecule has 1 N–H and O–H groups in total. The van der Waals surface area contributed by atoms with Crippen LogP contribution >= 0.6 is 0 Å². The normalized spacial score (nSPS) is 21.2. The third kappa shape index (κ3) is 5.53. The van der Waals surface area contributed by atoms with Gasteiger partial charge in [-0.05, 0) is 37.2 Å². The topological polar surface area (TPSA) is 39.6 Å². The van der Waals surface area contributed by atoms with Gasteiger partial charge < -0.3 is 10.0 Å². The van der Waals surface area contributed by atoms with E-state index in [1.54, 1.807) is 12.3 Å². The van der Waals surface area contributed by atoms with E-state index in [0.717, 1.165) is 37.7 Å². The fourth-order valence-corrected chi connectivity index (χ4v) is 3.75. The zero-order chi connectivity index (χ0) is 20.1. The number of aliphatic hydroxyl groups is 1. The first-order valence-electron chi connectivity index (χ1n) is 9.49. The molecule has 1 aromatic carbocycles. The third-order valence-electron chi connectivity index (χ3n) is 5.30. The quantitative estimate of drug-likeness (QED) is 0.818. The van der Waals surface area contributed by atoms with Gasteiger partial charge in [0.2, 0.25) is 0 Å². The summed E-state index contributed by atoms with van der Waals surface area (Å²) < 4.78 is 38.6. The molecular formula is C21H26F3N3O. The zero-order valence-corrected chi connectivity index (χ0v) is 15.9. The number of hydrogen-bond acceptors (Lipinski definition) is 4. The van der Waals surface area contributed by atoms with Gasteiger partial charge in [0.15, 0.2) is 0 Å². The van der Waals surface area contributed by atoms with Crippen molar-refractivity contribution in [2.24, 2.45) is 0 Å². The van der Waals surface area contributed by atoms with Crippen molar-refractivity contribution in [1.82, 2.24) is 14.8 Å². The molecule has 1 saturated heterocycles. The average Bonchev–Trinajstić information content (AvgIpc) is 2.67. The first-order chi connectivity index (χ1) is 13.3. The molecule has 2 heterocycles. The van der Waals surface area contributed by atoms with E-state index in [4.69, 9.17) is 0 Å². The summed E-state index contributed by atoms with van der Waals surface area (Å²) in [4.78, 5) is 8.49. The van der Waals surface area contributed by atoms with Crippen molar-refractivity contribution in [2.75, 3.05) is 26.7 Å². The fraction of sp³-hybridized carbons (Fsp3) is 0.476. The Morgan fingerprint density at radius 1 is 1.21 bits per heavy atom. The highest BCUT2D eigenvalue weighted by molar-refractivity contribution is 5.25. The van der Waals surface area contributed by atoms with Gasteiger partial charge in [0.25, 0.3) is 0 Å². The number of pyridine rings is 1. The van der Waals surface area contributed by atoms with Crippen molar-refractivity contribution in [2.45, 2.75) is 37.7 Å². The Balaban J connectivity index is 1.52. The molecule has 152 valence electrons. The Kier molecular flexibility index (Phi) is 6.69. The lowest BCUT2D eigenvalue weighted by atomic mass is 9.99. The zero-order valence-electron chi connectivity index (χ0n) is 15.9. The predicted molar refractivity (Wildman–Crippen MR) is 102 cm³/mol. The second-order valence-corrected chi connectivity index (χ2v) is 7.41. The standard InChI is InChI=1S/C21H26F3N3O/c1-26(11-8-18-7-2-3-10-25-18)19-9-12-27(15-20(19)28)14-16-5-4-6-17(13-16)21(22,23)24/h2-7,10,13,19-20,28H,8-9,11-12,14-15H2,1H3/t19-,20-/m1/s1. The number of aromatic nitrogens is 1. The maximum absolute atomic E-state index is 12.9. The minimum Gasteiger partial charge on any atom is -0.390 e. The number of likely N-dealkylation sites (N-methyl/N-ethyl adjacent to an activating group) is 1. The average molecular weight is 393 g/mol. The number of nitrogens with zero attached hydrogens (tertiary/aromatic N) is 3. The van der Waals surface area contributed by atoms with Gasteiger partial charge in [-0.25, -0.2) is 0 Å². The number of β-amino-alcohol motifs (C(OH)–C–C–N with tert-alkyl or cyclic N) is 1. The van der Waals surface area contributed by atoms with E-state index in [1.807, 2.05) is 30.1 Å². The molecule has 0 saturated carbocycles. The number of aliphatic hydroxyl groups excluding tert-OH is 1. The highest BCUT2D eigenvalue weighted by atomic mass is 19.4. The molecule has 1 fully saturated rings. The molecule has 7 heteroatoms. The summed E-state index contributed by atoms with van der Waals surface area (Å²) in [5, 5.41) is 10.6. The minimum absolute atomic E-state index is 0.0430. The van der Waals surface area contributed by atoms with Crippen LogP contribution in [0.1, 0.15) is 23.2 Å². The van der Waals surface area contributed by atoms with E-state index in [2.05, 4.69) is 9.88 Å². The maximum atomic E-state index is 12.9. The smallest absolute Gasteiger partial charge is 0.390 e. The lowest BCUT2D eigenvalue weighted by Gasteiger charge is -2.40. The molecule has 1 aliphatic heterocycles. The molecule has 2 aromatic rings. The molecule has 28 heavy (non-hydrogen) atoms. The molecule has 4 nitrogen and oxygen atoms in total. The van der Waals surface area contributed by atoms with Gasteiger partial charge in [0, 0.05) is 50.5 Å². The lowest BCUT2D eigenvalue weighted by Crippen LogP contribution is -2.53. The SMILES string of the molecule is CN(CCc1ccccn1)[C@@H]1CCN(Cc2cccc(C(F)(F)F)c2)C[C@H]1O. The highest BCUT2D eigenvalue weighted by Gasteiger charge is 2.32. The molecule has 0 amide bonds. The molecule has 3 rings (SSSR count). The number of likely N-dealkylation sites (tertiary alicyclic amines) is 1. The highest BCUT2D eigenvalue weighted by Crippen LogP contribution is 2.30. The summed E-state index contributed by atoms with van der Waals surface area (Å²) in [5.74, 6) is 0. The van der Waals surface area contributed by atoms with E-state index >= 15 is 0 Å². The van der Waals surface area contributed by atoms with E-state index in [0.29, 0.717) is 18.7 Å². The Hall–Kier alpha value is -1.96. The van der Waals surface area contributed by atoms with Crippen molar-refractivity contribution < 1.29 is 18.3 Å². The number of piperidine rings is 1. The monoisotopic (exact) mass is 393 g/mol. The molecule has 2 atom stereocenters. The van der Waals surface area contributed by atoms with Crippen LogP contribution in [0.5, 0.6) is 0 Å². The van der Waals surface area contributed by atoms with Crippen LogP contribution in [-0.4, -0.2) is 58.7 Å². The molecule has 1 aromatic heterocycles. The second-order valence-electron chi connectivity index (χ2n) is 7.41. The Morgan fingerprint density at radius 3 is 2.71 bits per heavy atom. The van der Waals surface area contributed by atoms with E-state index in [-0.39, 0.29) is 6.04 Å². The second kappa shape index (κ2) is 9.03. The summed E-state index contributed by atoms with van der Waals surface area (Å²) in [7, 11) is 2.00. The van der Waals surface area contributed by atoms with Gasteiger partial charge in [-0.2, -0.15) is 13.2 Å². The number of hydrogen-bond donors (Lipinski definition) is 1. The molecular weight excluding hydrogens is 367 g/mol. The Morgan fingerprint density at radius 2 is 2.04 bits per heavy atom. The maximum Gasteiger partial charge on any atom is 0.416 e. The van der Waals surface area contributed by atoms with Gasteiger partial charge in [-0.1, -0.05) is 24.3 Å². The van der Waals surface area contributed by atoms with Crippen molar-refractivity contribution in [3.8, 4) is 0 Å². The van der Waals surface area contributed by atoms with Crippen molar-refractivity contribution in [3.05, 3.63) is 65.5 Å². The molecule has 0 radical (unpaired) electrons. The summed E-state index contributed by atoms with van der Waals surface area (Å²) in [5.41, 5.74) is 1.00. The van der Waals surface area contributed by atoms with Crippen LogP contribution in [0, 0.1) is 0 Å². The summed E-state index contributed by atoms with van der Waals surface area (Å²) in [6.07, 6.45) is -1.50. The van der Waals surface area contributed by atoms with Crippen LogP contribution in [-0.2, 0) is 19.1 Å². The Labute approximate surface area is 163 Å². The van der Waals surface area contributed by atoms with Crippen LogP contribution < -0.4 is 0 Å². The van der Waals surface area contributed by atoms with E-state index < -0.39 is 17.8 Å². The van der Waals surface area contributed by atoms with Crippen LogP contribution in [0.4, 0.5) is 13.2 Å². The van der Waals surface area contributed by atoms with Crippen LogP contribution in [0.2, 0.25) is 0 Å². The van der Waals surface area contributed by atoms with Crippen LogP contribution in [0.15, 0.2) is 48.7 Å². The van der Waals surface area contributed by atoms with Crippen LogP contribution in [0.25, 0.3) is 0 Å². The van der Waals surface area contributed by atoms with Gasteiger partial charge in [-0.3, -0.25) is 9.88 Å². The van der Waals surface area contributed by atoms with Gasteiger partial charge in [0.05, 0.1) is 11.7 Å². The molecule has 0 unspecified atom stereocenters. The largest absolute Gasteiger partial charge is 0.416 e. The van der Waals surface area contributed by atoms with Crippen LogP contribution in [0.3, 0.4) is 0 Å². The first kappa shape index (κ1) is 20.8. The number of rotatable bonds is 6. The molecule has 0 aliphatic carbocycles. The molecule has 0 spiro atoms. The minimum atomic E-state index is -4.33. The van der Waals surface area contributed by atoms with Crippen molar-refractivity contribution >= 4 is 0 Å². The Bertz CT molecular complexity index is 754. The first-order valence-corrected chi connectivity index (χ1v) is 9.49. The van der Waals surface area contributed by atoms with E-state index in [1.165, 1.54) is 12.1 Å². The van der Waals surface area contributed by atoms with Gasteiger partial charge in [-0.15, -0.1) is 0 Å². The summed E-state index contributed by atoms with van der Waals surface area (Å²) in [6.45, 7) is 2.40. The van der Waals surface area contributed by atoms with Gasteiger partial charge >= 0.3 is 6.18 Å². The van der Waals surface area contributed by atoms with Crippen molar-refractivity contribution in [1.29, 1.82) is 0 Å². The predicted octanol–water partition coefficient (Wildman–Crippen LogP) is 3.21. The number of benzene rings is 1. The van der Waals surface area contributed by atoms with Gasteiger partial charge in [0.1, 0.15) is 0 Å². The fourth-order valence-electron chi connectivity index (χ4n) is 3.75. The number of alkyl halides is 3. The summed E-state index contributed by atoms with van der Waals surface area (Å²) in [6, 6.07) is 11.3. The third-order valence-corrected chi connectivity index (χ3v) is 5.30. The summed E-state index contributed by atoms with van der Waals surface area (Å²) >= 11 is 0. The molecule has 0 bridgehead atoms. The van der Waals surface area contributed by atoms with Crippen molar-refractivity contribution in [3.63, 3.8) is 0 Å². The lowest BCUT2D eigenvalue weighted by molar-refractivity contribution is -0.137. The number of halogens is 3. The molecule has 1 aliphatic rings. The van der Waals surface area contributed by atoms with E-state index in [9.17, 15) is 18.3 Å².